The molecule has 24 heavy (non-hydrogen) atoms. The Bertz CT molecular complexity index is 819. The number of benzene rings is 1. The Balaban J connectivity index is 1.71. The van der Waals surface area contributed by atoms with Crippen LogP contribution in [0.4, 0.5) is 5.69 Å². The molecule has 0 aliphatic heterocycles. The highest BCUT2D eigenvalue weighted by Gasteiger charge is 2.28. The van der Waals surface area contributed by atoms with Crippen LogP contribution in [-0.4, -0.2) is 21.9 Å². The van der Waals surface area contributed by atoms with Crippen LogP contribution >= 0.6 is 0 Å². The first-order valence-electron chi connectivity index (χ1n) is 7.98. The van der Waals surface area contributed by atoms with Gasteiger partial charge in [-0.1, -0.05) is 0 Å². The van der Waals surface area contributed by atoms with Crippen LogP contribution in [0.15, 0.2) is 24.3 Å². The maximum Gasteiger partial charge on any atom is 0.272 e. The van der Waals surface area contributed by atoms with E-state index >= 15 is 0 Å². The molecule has 1 fully saturated rings. The summed E-state index contributed by atoms with van der Waals surface area (Å²) in [7, 11) is 0. The Morgan fingerprint density at radius 1 is 1.29 bits per heavy atom. The van der Waals surface area contributed by atoms with Crippen molar-refractivity contribution in [3.63, 3.8) is 0 Å². The summed E-state index contributed by atoms with van der Waals surface area (Å²) in [4.78, 5) is 22.9. The van der Waals surface area contributed by atoms with Gasteiger partial charge in [0.25, 0.3) is 5.69 Å². The van der Waals surface area contributed by atoms with E-state index in [4.69, 9.17) is 4.74 Å². The molecule has 0 N–H and O–H groups in total. The number of rotatable bonds is 6. The average Bonchev–Trinajstić information content (AvgIpc) is 3.30. The number of nitro groups is 1. The molecule has 0 amide bonds. The summed E-state index contributed by atoms with van der Waals surface area (Å²) < 4.78 is 7.76. The first-order valence-corrected chi connectivity index (χ1v) is 7.98. The number of ketones is 1. The lowest BCUT2D eigenvalue weighted by Crippen LogP contribution is -2.13. The van der Waals surface area contributed by atoms with E-state index in [9.17, 15) is 14.9 Å². The van der Waals surface area contributed by atoms with Crippen molar-refractivity contribution >= 4 is 11.5 Å². The second-order valence-corrected chi connectivity index (χ2v) is 6.30. The lowest BCUT2D eigenvalue weighted by atomic mass is 10.1. The maximum atomic E-state index is 12.5. The van der Waals surface area contributed by atoms with E-state index in [1.807, 2.05) is 19.9 Å². The molecule has 0 spiro atoms. The van der Waals surface area contributed by atoms with Crippen LogP contribution < -0.4 is 4.74 Å². The minimum atomic E-state index is -0.434. The number of hydrogen-bond donors (Lipinski definition) is 0. The quantitative estimate of drug-likeness (QED) is 0.457. The molecule has 1 saturated carbocycles. The molecule has 1 aromatic heterocycles. The van der Waals surface area contributed by atoms with Crippen molar-refractivity contribution in [2.24, 2.45) is 0 Å². The van der Waals surface area contributed by atoms with Crippen molar-refractivity contribution in [2.75, 3.05) is 6.61 Å². The van der Waals surface area contributed by atoms with E-state index in [2.05, 4.69) is 4.57 Å². The first-order chi connectivity index (χ1) is 11.4. The Morgan fingerprint density at radius 2 is 2.00 bits per heavy atom. The van der Waals surface area contributed by atoms with Gasteiger partial charge < -0.3 is 9.30 Å². The van der Waals surface area contributed by atoms with Gasteiger partial charge >= 0.3 is 0 Å². The molecule has 3 rings (SSSR count). The fourth-order valence-corrected chi connectivity index (χ4v) is 3.10. The third-order valence-electron chi connectivity index (χ3n) is 4.43. The van der Waals surface area contributed by atoms with Crippen LogP contribution in [0.2, 0.25) is 0 Å². The third kappa shape index (κ3) is 3.04. The number of ether oxygens (including phenoxy) is 1. The highest BCUT2D eigenvalue weighted by atomic mass is 16.6. The number of hydrogen-bond acceptors (Lipinski definition) is 4. The number of aromatic nitrogens is 1. The number of carbonyl (C=O) groups is 1. The van der Waals surface area contributed by atoms with Crippen LogP contribution in [0.3, 0.4) is 0 Å². The fraction of sp³-hybridized carbons (Fsp3) is 0.389. The summed E-state index contributed by atoms with van der Waals surface area (Å²) in [5, 5.41) is 10.8. The molecule has 0 saturated heterocycles. The number of nitro benzene ring substituents is 1. The molecule has 0 atom stereocenters. The van der Waals surface area contributed by atoms with Crippen molar-refractivity contribution < 1.29 is 14.5 Å². The molecule has 0 radical (unpaired) electrons. The number of aryl methyl sites for hydroxylation is 2. The van der Waals surface area contributed by atoms with Crippen LogP contribution in [0, 0.1) is 30.9 Å². The molecule has 1 aliphatic rings. The van der Waals surface area contributed by atoms with Gasteiger partial charge in [0.1, 0.15) is 5.75 Å². The monoisotopic (exact) mass is 328 g/mol. The molecular formula is C18H20N2O4. The van der Waals surface area contributed by atoms with Gasteiger partial charge in [0.2, 0.25) is 5.78 Å². The van der Waals surface area contributed by atoms with Gasteiger partial charge in [-0.15, -0.1) is 0 Å². The van der Waals surface area contributed by atoms with Gasteiger partial charge in [-0.25, -0.2) is 0 Å². The molecule has 2 aromatic rings. The van der Waals surface area contributed by atoms with Crippen LogP contribution in [-0.2, 0) is 0 Å². The molecule has 6 heteroatoms. The SMILES string of the molecule is Cc1cc(OCC(=O)c2cc(C)n(C3CC3)c2C)ccc1[N+](=O)[O-]. The Kier molecular flexibility index (Phi) is 4.13. The summed E-state index contributed by atoms with van der Waals surface area (Å²) in [5.41, 5.74) is 3.34. The zero-order chi connectivity index (χ0) is 17.4. The van der Waals surface area contributed by atoms with Gasteiger partial charge in [0.15, 0.2) is 6.61 Å². The van der Waals surface area contributed by atoms with Gasteiger partial charge in [-0.05, 0) is 51.8 Å². The summed E-state index contributed by atoms with van der Waals surface area (Å²) >= 11 is 0. The summed E-state index contributed by atoms with van der Waals surface area (Å²) in [5.74, 6) is 0.383. The number of carbonyl (C=O) groups excluding carboxylic acids is 1. The molecule has 6 nitrogen and oxygen atoms in total. The molecule has 1 aliphatic carbocycles. The second kappa shape index (κ2) is 6.11. The standard InChI is InChI=1S/C18H20N2O4/c1-11-8-15(6-7-17(11)20(22)23)24-10-18(21)16-9-12(2)19(13(16)3)14-4-5-14/h6-9,14H,4-5,10H2,1-3H3. The maximum absolute atomic E-state index is 12.5. The zero-order valence-corrected chi connectivity index (χ0v) is 14.0. The van der Waals surface area contributed by atoms with Crippen molar-refractivity contribution in [1.29, 1.82) is 0 Å². The minimum Gasteiger partial charge on any atom is -0.485 e. The molecule has 1 aromatic carbocycles. The Labute approximate surface area is 140 Å². The van der Waals surface area contributed by atoms with Gasteiger partial charge in [-0.2, -0.15) is 0 Å². The number of Topliss-reactive ketones (excluding diaryl/α,β-unsaturated/α-hetero) is 1. The molecule has 126 valence electrons. The Morgan fingerprint density at radius 3 is 2.58 bits per heavy atom. The van der Waals surface area contributed by atoms with Gasteiger partial charge in [0, 0.05) is 34.6 Å². The van der Waals surface area contributed by atoms with E-state index in [1.54, 1.807) is 13.0 Å². The summed E-state index contributed by atoms with van der Waals surface area (Å²) in [6, 6.07) is 6.95. The lowest BCUT2D eigenvalue weighted by Gasteiger charge is -2.08. The lowest BCUT2D eigenvalue weighted by molar-refractivity contribution is -0.385. The van der Waals surface area contributed by atoms with Gasteiger partial charge in [0.05, 0.1) is 4.92 Å². The van der Waals surface area contributed by atoms with Crippen LogP contribution in [0.5, 0.6) is 5.75 Å². The smallest absolute Gasteiger partial charge is 0.272 e. The summed E-state index contributed by atoms with van der Waals surface area (Å²) in [6.07, 6.45) is 2.34. The predicted octanol–water partition coefficient (Wildman–Crippen LogP) is 3.92. The minimum absolute atomic E-state index is 0.0432. The fourth-order valence-electron chi connectivity index (χ4n) is 3.10. The second-order valence-electron chi connectivity index (χ2n) is 6.30. The van der Waals surface area contributed by atoms with Crippen molar-refractivity contribution in [1.82, 2.24) is 4.57 Å². The van der Waals surface area contributed by atoms with E-state index in [0.29, 0.717) is 22.9 Å². The highest BCUT2D eigenvalue weighted by molar-refractivity contribution is 5.98. The van der Waals surface area contributed by atoms with Crippen molar-refractivity contribution in [3.05, 3.63) is 56.9 Å². The summed E-state index contributed by atoms with van der Waals surface area (Å²) in [6.45, 7) is 5.56. The molecule has 0 bridgehead atoms. The predicted molar refractivity (Wildman–Crippen MR) is 89.8 cm³/mol. The van der Waals surface area contributed by atoms with E-state index in [0.717, 1.165) is 11.4 Å². The third-order valence-corrected chi connectivity index (χ3v) is 4.43. The van der Waals surface area contributed by atoms with E-state index in [1.165, 1.54) is 25.0 Å². The number of nitrogens with zero attached hydrogens (tertiary/aromatic N) is 2. The van der Waals surface area contributed by atoms with E-state index < -0.39 is 4.92 Å². The highest BCUT2D eigenvalue weighted by Crippen LogP contribution is 2.38. The molecule has 0 unspecified atom stereocenters. The van der Waals surface area contributed by atoms with Crippen LogP contribution in [0.25, 0.3) is 0 Å². The van der Waals surface area contributed by atoms with Crippen molar-refractivity contribution in [2.45, 2.75) is 39.7 Å². The van der Waals surface area contributed by atoms with Crippen LogP contribution in [0.1, 0.15) is 46.2 Å². The Hall–Kier alpha value is -2.63. The van der Waals surface area contributed by atoms with Gasteiger partial charge in [-0.3, -0.25) is 14.9 Å². The zero-order valence-electron chi connectivity index (χ0n) is 14.0. The van der Waals surface area contributed by atoms with Crippen molar-refractivity contribution in [3.8, 4) is 5.75 Å². The molecular weight excluding hydrogens is 308 g/mol. The average molecular weight is 328 g/mol. The molecule has 1 heterocycles. The largest absolute Gasteiger partial charge is 0.485 e. The van der Waals surface area contributed by atoms with E-state index in [-0.39, 0.29) is 18.1 Å². The normalized spacial score (nSPS) is 13.8. The first kappa shape index (κ1) is 16.2. The topological polar surface area (TPSA) is 74.4 Å².